The van der Waals surface area contributed by atoms with Gasteiger partial charge in [0.25, 0.3) is 0 Å². The van der Waals surface area contributed by atoms with Crippen molar-refractivity contribution >= 4 is 143 Å². The molecule has 0 saturated carbocycles. The molecule has 0 amide bonds. The van der Waals surface area contributed by atoms with Gasteiger partial charge in [-0.05, 0) is 283 Å². The Hall–Kier alpha value is -16.3. The lowest BCUT2D eigenvalue weighted by atomic mass is 9.75. The average Bonchev–Trinajstić information content (AvgIpc) is 1.55. The van der Waals surface area contributed by atoms with Crippen LogP contribution < -0.4 is 9.80 Å². The topological polar surface area (TPSA) is 59.0 Å². The number of nitrogens with zero attached hydrogens (tertiary/aromatic N) is 2. The van der Waals surface area contributed by atoms with E-state index in [-0.39, 0.29) is 21.7 Å². The minimum atomic E-state index is -0.317. The van der Waals surface area contributed by atoms with Gasteiger partial charge in [-0.2, -0.15) is 0 Å². The third-order valence-corrected chi connectivity index (χ3v) is 28.7. The van der Waals surface area contributed by atoms with Gasteiger partial charge in [-0.1, -0.05) is 367 Å². The smallest absolute Gasteiger partial charge is 0.136 e. The van der Waals surface area contributed by atoms with Crippen LogP contribution >= 0.6 is 0 Å². The molecule has 24 aromatic rings. The Kier molecular flexibility index (Phi) is 20.3. The van der Waals surface area contributed by atoms with Crippen LogP contribution in [0.3, 0.4) is 0 Å². The molecule has 0 fully saturated rings. The van der Waals surface area contributed by atoms with Crippen molar-refractivity contribution in [1.82, 2.24) is 0 Å². The summed E-state index contributed by atoms with van der Waals surface area (Å²) in [5.41, 5.74) is 37.3. The van der Waals surface area contributed by atoms with Crippen LogP contribution in [0.2, 0.25) is 0 Å². The zero-order valence-corrected chi connectivity index (χ0v) is 79.6. The summed E-state index contributed by atoms with van der Waals surface area (Å²) >= 11 is 0. The molecule has 24 rings (SSSR count). The number of hydrogen-bond acceptors (Lipinski definition) is 6. The standard InChI is InChI=1S/C132H104N2O4/c1-129(2,3)94-72-92(73-95(79-94)130(4,5)6)103-36-22-27-87-29-24-39-112(126(87)103)105-31-12-17-41-116(105)133(99-61-50-84(51-62-99)90-56-68-110-107-33-14-19-43-118(107)137-124(110)77-90)100-63-52-85(53-64-100)91-57-69-111-109-67-47-82(71-123(109)138-125(111)78-91)81-132(10,11)97-75-93(74-96(80-97)131(7,8)9)104-37-23-28-88-30-25-40-113(127(88)104)106-32-13-18-42-117(106)134(98-59-48-83(49-60-98)89-58-70-121-115(76-89)108-34-15-20-44-119(108)135-121)101-65-54-86(55-66-101)102-38-26-46-122-128(102)114-35-16-21-45-120(114)136-122/h12-80H,81H2,1-11H3. The molecule has 138 heavy (non-hydrogen) atoms. The van der Waals surface area contributed by atoms with Crippen molar-refractivity contribution in [2.75, 3.05) is 9.80 Å². The SMILES string of the molecule is CC(C)(C)c1cc(-c2cccc3cccc(-c4ccccc4N(c4ccc(-c5ccc6c(c5)oc5ccccc56)cc4)c4ccc(-c5ccc6c(c5)oc5cc(CC(C)(C)c7cc(-c8cccc9cccc(-c%10ccccc%10N(c%10ccc(-c%11ccc%12oc%13ccccc%13c%12c%11)cc%10)c%10ccc(-c%11cccc%12oc%13ccccc%13c%11%12)cc%10)c89)cc(C(C)(C)C)c7)ccc56)cc4)c23)cc(C(C)(C)C)c1. The quantitative estimate of drug-likeness (QED) is 0.0905. The first-order chi connectivity index (χ1) is 67.0. The minimum absolute atomic E-state index is 0.0528. The second-order valence-corrected chi connectivity index (χ2v) is 41.3. The maximum Gasteiger partial charge on any atom is 0.136 e. The van der Waals surface area contributed by atoms with Crippen LogP contribution in [0, 0.1) is 0 Å². The second-order valence-electron chi connectivity index (χ2n) is 41.3. The Morgan fingerprint density at radius 1 is 0.188 bits per heavy atom. The van der Waals surface area contributed by atoms with Crippen molar-refractivity contribution in [1.29, 1.82) is 0 Å². The highest BCUT2D eigenvalue weighted by molar-refractivity contribution is 6.15. The third-order valence-electron chi connectivity index (χ3n) is 28.7. The van der Waals surface area contributed by atoms with E-state index in [0.29, 0.717) is 0 Å². The van der Waals surface area contributed by atoms with Gasteiger partial charge in [0, 0.05) is 77.0 Å². The summed E-state index contributed by atoms with van der Waals surface area (Å²) in [6.45, 7) is 25.8. The van der Waals surface area contributed by atoms with Gasteiger partial charge >= 0.3 is 0 Å². The average molecular weight is 1780 g/mol. The van der Waals surface area contributed by atoms with Crippen LogP contribution in [0.4, 0.5) is 34.1 Å². The molecule has 0 atom stereocenters. The lowest BCUT2D eigenvalue weighted by Crippen LogP contribution is -2.22. The Morgan fingerprint density at radius 2 is 0.500 bits per heavy atom. The Labute approximate surface area is 805 Å². The molecule has 6 heteroatoms. The molecule has 0 aliphatic carbocycles. The Balaban J connectivity index is 0.558. The van der Waals surface area contributed by atoms with E-state index < -0.39 is 0 Å². The molecular formula is C132H104N2O4. The molecule has 0 N–H and O–H groups in total. The number of fused-ring (bicyclic) bond motifs is 14. The molecule has 0 saturated heterocycles. The summed E-state index contributed by atoms with van der Waals surface area (Å²) in [6.07, 6.45) is 0.780. The zero-order valence-electron chi connectivity index (χ0n) is 79.6. The van der Waals surface area contributed by atoms with E-state index in [4.69, 9.17) is 17.7 Å². The van der Waals surface area contributed by atoms with Gasteiger partial charge in [0.15, 0.2) is 0 Å². The van der Waals surface area contributed by atoms with Crippen LogP contribution in [0.1, 0.15) is 104 Å². The minimum Gasteiger partial charge on any atom is -0.456 e. The molecule has 0 bridgehead atoms. The van der Waals surface area contributed by atoms with Crippen molar-refractivity contribution in [2.24, 2.45) is 0 Å². The van der Waals surface area contributed by atoms with Gasteiger partial charge in [-0.15, -0.1) is 0 Å². The van der Waals surface area contributed by atoms with Gasteiger partial charge in [0.05, 0.1) is 11.4 Å². The molecule has 0 aliphatic heterocycles. The highest BCUT2D eigenvalue weighted by Gasteiger charge is 2.31. The van der Waals surface area contributed by atoms with E-state index in [0.717, 1.165) is 189 Å². The molecule has 6 nitrogen and oxygen atoms in total. The fourth-order valence-electron chi connectivity index (χ4n) is 21.3. The molecule has 0 unspecified atom stereocenters. The largest absolute Gasteiger partial charge is 0.456 e. The molecule has 0 radical (unpaired) electrons. The molecule has 0 spiro atoms. The van der Waals surface area contributed by atoms with E-state index in [1.165, 1.54) is 77.2 Å². The Bertz CT molecular complexity index is 8900. The van der Waals surface area contributed by atoms with Gasteiger partial charge in [-0.25, -0.2) is 0 Å². The molecule has 4 heterocycles. The Morgan fingerprint density at radius 3 is 0.978 bits per heavy atom. The summed E-state index contributed by atoms with van der Waals surface area (Å²) in [5, 5.41) is 13.6. The van der Waals surface area contributed by atoms with Crippen LogP contribution in [0.15, 0.2) is 436 Å². The van der Waals surface area contributed by atoms with Crippen molar-refractivity contribution < 1.29 is 17.7 Å². The van der Waals surface area contributed by atoms with Crippen molar-refractivity contribution in [3.05, 3.63) is 446 Å². The maximum atomic E-state index is 7.06. The van der Waals surface area contributed by atoms with Crippen molar-refractivity contribution in [3.63, 3.8) is 0 Å². The number of para-hydroxylation sites is 5. The van der Waals surface area contributed by atoms with Crippen LogP contribution in [0.5, 0.6) is 0 Å². The number of benzene rings is 20. The summed E-state index contributed by atoms with van der Waals surface area (Å²) in [5.74, 6) is 0. The highest BCUT2D eigenvalue weighted by atomic mass is 16.3. The first kappa shape index (κ1) is 84.7. The van der Waals surface area contributed by atoms with Crippen molar-refractivity contribution in [2.45, 2.75) is 104 Å². The monoisotopic (exact) mass is 1780 g/mol. The molecule has 4 aromatic heterocycles. The summed E-state index contributed by atoms with van der Waals surface area (Å²) < 4.78 is 26.2. The lowest BCUT2D eigenvalue weighted by molar-refractivity contribution is 0.517. The summed E-state index contributed by atoms with van der Waals surface area (Å²) in [7, 11) is 0. The third kappa shape index (κ3) is 15.2. The summed E-state index contributed by atoms with van der Waals surface area (Å²) in [4.78, 5) is 4.87. The van der Waals surface area contributed by atoms with E-state index in [9.17, 15) is 0 Å². The first-order valence-electron chi connectivity index (χ1n) is 48.2. The lowest BCUT2D eigenvalue weighted by Gasteiger charge is -2.30. The number of hydrogen-bond donors (Lipinski definition) is 0. The molecule has 20 aromatic carbocycles. The highest BCUT2D eigenvalue weighted by Crippen LogP contribution is 2.52. The van der Waals surface area contributed by atoms with E-state index >= 15 is 0 Å². The van der Waals surface area contributed by atoms with Crippen LogP contribution in [-0.4, -0.2) is 0 Å². The van der Waals surface area contributed by atoms with E-state index in [1.54, 1.807) is 0 Å². The fourth-order valence-corrected chi connectivity index (χ4v) is 21.3. The normalized spacial score (nSPS) is 12.3. The molecule has 666 valence electrons. The maximum absolute atomic E-state index is 7.06. The predicted octanol–water partition coefficient (Wildman–Crippen LogP) is 38.3. The van der Waals surface area contributed by atoms with Crippen molar-refractivity contribution in [3.8, 4) is 89.0 Å². The van der Waals surface area contributed by atoms with Crippen LogP contribution in [0.25, 0.3) is 198 Å². The first-order valence-corrected chi connectivity index (χ1v) is 48.2. The van der Waals surface area contributed by atoms with E-state index in [2.05, 4.69) is 474 Å². The molecule has 0 aliphatic rings. The van der Waals surface area contributed by atoms with E-state index in [1.807, 2.05) is 30.3 Å². The summed E-state index contributed by atoms with van der Waals surface area (Å²) in [6, 6.07) is 154. The number of furan rings is 4. The van der Waals surface area contributed by atoms with Gasteiger partial charge in [-0.3, -0.25) is 0 Å². The zero-order chi connectivity index (χ0) is 93.6. The molecular weight excluding hydrogens is 1680 g/mol. The van der Waals surface area contributed by atoms with Crippen LogP contribution in [-0.2, 0) is 28.1 Å². The number of anilines is 6. The van der Waals surface area contributed by atoms with Gasteiger partial charge in [0.2, 0.25) is 0 Å². The number of rotatable bonds is 17. The van der Waals surface area contributed by atoms with Gasteiger partial charge in [0.1, 0.15) is 44.7 Å². The van der Waals surface area contributed by atoms with Gasteiger partial charge < -0.3 is 27.5 Å². The fraction of sp³-hybridized carbons (Fsp3) is 0.121. The second kappa shape index (κ2) is 33.1. The predicted molar refractivity (Wildman–Crippen MR) is 583 cm³/mol.